The molecule has 2 rings (SSSR count). The van der Waals surface area contributed by atoms with Gasteiger partial charge >= 0.3 is 0 Å². The number of aromatic nitrogens is 2. The molecule has 1 aromatic heterocycles. The molecule has 0 aliphatic carbocycles. The van der Waals surface area contributed by atoms with E-state index in [0.29, 0.717) is 0 Å². The summed E-state index contributed by atoms with van der Waals surface area (Å²) >= 11 is 0. The highest BCUT2D eigenvalue weighted by atomic mass is 127. The van der Waals surface area contributed by atoms with Crippen LogP contribution in [0.5, 0.6) is 0 Å². The van der Waals surface area contributed by atoms with Crippen LogP contribution in [0, 0.1) is 20.8 Å². The van der Waals surface area contributed by atoms with Gasteiger partial charge in [0.15, 0.2) is 5.96 Å². The molecule has 0 amide bonds. The molecule has 2 aromatic rings. The molecule has 0 spiro atoms. The fraction of sp³-hybridized carbons (Fsp3) is 0.474. The standard InChI is InChI=1S/C19H29N5.HI/c1-13-8-7-9-17(10-13)12-21-19(20-5)22-14(2)11-18-15(3)23-24(6)16(18)4;/h7-10,14H,11-12H2,1-6H3,(H2,20,21,22);1H. The van der Waals surface area contributed by atoms with Crippen molar-refractivity contribution in [2.75, 3.05) is 7.05 Å². The van der Waals surface area contributed by atoms with Crippen LogP contribution in [-0.2, 0) is 20.0 Å². The Morgan fingerprint density at radius 3 is 2.56 bits per heavy atom. The topological polar surface area (TPSA) is 54.2 Å². The third kappa shape index (κ3) is 6.02. The largest absolute Gasteiger partial charge is 0.354 e. The third-order valence-electron chi connectivity index (χ3n) is 4.32. The maximum atomic E-state index is 4.49. The summed E-state index contributed by atoms with van der Waals surface area (Å²) in [5.74, 6) is 0.822. The van der Waals surface area contributed by atoms with Crippen LogP contribution in [0.2, 0.25) is 0 Å². The molecule has 1 atom stereocenters. The zero-order chi connectivity index (χ0) is 17.7. The molecule has 6 heteroatoms. The first-order chi connectivity index (χ1) is 11.4. The van der Waals surface area contributed by atoms with Crippen LogP contribution in [0.4, 0.5) is 0 Å². The van der Waals surface area contributed by atoms with Crippen LogP contribution < -0.4 is 10.6 Å². The normalized spacial score (nSPS) is 12.5. The quantitative estimate of drug-likeness (QED) is 0.414. The zero-order valence-electron chi connectivity index (χ0n) is 16.1. The molecule has 0 saturated carbocycles. The smallest absolute Gasteiger partial charge is 0.191 e. The number of nitrogens with one attached hydrogen (secondary N) is 2. The number of aryl methyl sites for hydroxylation is 3. The van der Waals surface area contributed by atoms with Crippen molar-refractivity contribution in [2.24, 2.45) is 12.0 Å². The molecule has 1 heterocycles. The van der Waals surface area contributed by atoms with Crippen LogP contribution in [0.3, 0.4) is 0 Å². The number of hydrogen-bond donors (Lipinski definition) is 2. The SMILES string of the molecule is CN=C(NCc1cccc(C)c1)NC(C)Cc1c(C)nn(C)c1C.I. The molecule has 138 valence electrons. The number of aliphatic imine (C=N–C) groups is 1. The molecule has 1 unspecified atom stereocenters. The van der Waals surface area contributed by atoms with Crippen molar-refractivity contribution in [2.45, 2.75) is 46.7 Å². The molecule has 2 N–H and O–H groups in total. The van der Waals surface area contributed by atoms with Gasteiger partial charge in [0.25, 0.3) is 0 Å². The van der Waals surface area contributed by atoms with E-state index in [0.717, 1.165) is 24.6 Å². The second-order valence-electron chi connectivity index (χ2n) is 6.44. The van der Waals surface area contributed by atoms with Gasteiger partial charge in [0.05, 0.1) is 5.69 Å². The van der Waals surface area contributed by atoms with Crippen LogP contribution >= 0.6 is 24.0 Å². The minimum absolute atomic E-state index is 0. The first-order valence-electron chi connectivity index (χ1n) is 8.42. The predicted octanol–water partition coefficient (Wildman–Crippen LogP) is 3.26. The Balaban J connectivity index is 0.00000312. The summed E-state index contributed by atoms with van der Waals surface area (Å²) in [5.41, 5.74) is 6.17. The van der Waals surface area contributed by atoms with Gasteiger partial charge in [-0.15, -0.1) is 24.0 Å². The maximum absolute atomic E-state index is 4.49. The first kappa shape index (κ1) is 21.5. The minimum Gasteiger partial charge on any atom is -0.354 e. The Labute approximate surface area is 168 Å². The summed E-state index contributed by atoms with van der Waals surface area (Å²) in [6.45, 7) is 9.23. The molecule has 25 heavy (non-hydrogen) atoms. The van der Waals surface area contributed by atoms with Crippen molar-refractivity contribution in [3.8, 4) is 0 Å². The van der Waals surface area contributed by atoms with Gasteiger partial charge < -0.3 is 10.6 Å². The van der Waals surface area contributed by atoms with Gasteiger partial charge in [0.1, 0.15) is 0 Å². The van der Waals surface area contributed by atoms with E-state index < -0.39 is 0 Å². The lowest BCUT2D eigenvalue weighted by Gasteiger charge is -2.18. The highest BCUT2D eigenvalue weighted by molar-refractivity contribution is 14.0. The second kappa shape index (κ2) is 9.79. The average molecular weight is 455 g/mol. The summed E-state index contributed by atoms with van der Waals surface area (Å²) in [5, 5.41) is 11.3. The molecule has 0 radical (unpaired) electrons. The van der Waals surface area contributed by atoms with Crippen molar-refractivity contribution < 1.29 is 0 Å². The Kier molecular flexibility index (Phi) is 8.41. The van der Waals surface area contributed by atoms with Gasteiger partial charge in [-0.1, -0.05) is 29.8 Å². The molecule has 0 aliphatic rings. The first-order valence-corrected chi connectivity index (χ1v) is 8.42. The van der Waals surface area contributed by atoms with E-state index in [2.05, 4.69) is 72.7 Å². The van der Waals surface area contributed by atoms with Crippen LogP contribution in [0.15, 0.2) is 29.3 Å². The zero-order valence-corrected chi connectivity index (χ0v) is 18.4. The summed E-state index contributed by atoms with van der Waals surface area (Å²) in [4.78, 5) is 4.33. The van der Waals surface area contributed by atoms with E-state index in [1.54, 1.807) is 7.05 Å². The number of benzene rings is 1. The Bertz CT molecular complexity index is 721. The van der Waals surface area contributed by atoms with Gasteiger partial charge in [-0.05, 0) is 45.2 Å². The Morgan fingerprint density at radius 1 is 1.28 bits per heavy atom. The highest BCUT2D eigenvalue weighted by Gasteiger charge is 2.13. The van der Waals surface area contributed by atoms with E-state index in [9.17, 15) is 0 Å². The van der Waals surface area contributed by atoms with Gasteiger partial charge in [0, 0.05) is 32.4 Å². The summed E-state index contributed by atoms with van der Waals surface area (Å²) in [6, 6.07) is 8.77. The van der Waals surface area contributed by atoms with Gasteiger partial charge in [-0.25, -0.2) is 0 Å². The number of hydrogen-bond acceptors (Lipinski definition) is 2. The van der Waals surface area contributed by atoms with Crippen LogP contribution in [-0.4, -0.2) is 28.8 Å². The van der Waals surface area contributed by atoms with Gasteiger partial charge in [-0.2, -0.15) is 5.10 Å². The highest BCUT2D eigenvalue weighted by Crippen LogP contribution is 2.14. The number of nitrogens with zero attached hydrogens (tertiary/aromatic N) is 3. The Morgan fingerprint density at radius 2 is 2.00 bits per heavy atom. The predicted molar refractivity (Wildman–Crippen MR) is 116 cm³/mol. The molecule has 0 saturated heterocycles. The lowest BCUT2D eigenvalue weighted by Crippen LogP contribution is -2.42. The third-order valence-corrected chi connectivity index (χ3v) is 4.32. The lowest BCUT2D eigenvalue weighted by atomic mass is 10.1. The minimum atomic E-state index is 0. The van der Waals surface area contributed by atoms with E-state index in [1.165, 1.54) is 22.4 Å². The lowest BCUT2D eigenvalue weighted by molar-refractivity contribution is 0.635. The molecular formula is C19H30IN5. The van der Waals surface area contributed by atoms with E-state index >= 15 is 0 Å². The van der Waals surface area contributed by atoms with Crippen molar-refractivity contribution in [1.82, 2.24) is 20.4 Å². The van der Waals surface area contributed by atoms with Gasteiger partial charge in [-0.3, -0.25) is 9.67 Å². The van der Waals surface area contributed by atoms with Crippen molar-refractivity contribution >= 4 is 29.9 Å². The van der Waals surface area contributed by atoms with E-state index in [-0.39, 0.29) is 30.0 Å². The number of rotatable bonds is 5. The van der Waals surface area contributed by atoms with Crippen molar-refractivity contribution in [1.29, 1.82) is 0 Å². The van der Waals surface area contributed by atoms with Crippen molar-refractivity contribution in [3.63, 3.8) is 0 Å². The average Bonchev–Trinajstić information content (AvgIpc) is 2.78. The molecule has 0 aliphatic heterocycles. The maximum Gasteiger partial charge on any atom is 0.191 e. The fourth-order valence-corrected chi connectivity index (χ4v) is 2.91. The van der Waals surface area contributed by atoms with Crippen LogP contribution in [0.25, 0.3) is 0 Å². The second-order valence-corrected chi connectivity index (χ2v) is 6.44. The fourth-order valence-electron chi connectivity index (χ4n) is 2.91. The van der Waals surface area contributed by atoms with Crippen molar-refractivity contribution in [3.05, 3.63) is 52.3 Å². The van der Waals surface area contributed by atoms with E-state index in [4.69, 9.17) is 0 Å². The number of guanidine groups is 1. The van der Waals surface area contributed by atoms with Gasteiger partial charge in [0.2, 0.25) is 0 Å². The number of halogens is 1. The molecule has 5 nitrogen and oxygen atoms in total. The Hall–Kier alpha value is -1.57. The summed E-state index contributed by atoms with van der Waals surface area (Å²) in [7, 11) is 3.80. The summed E-state index contributed by atoms with van der Waals surface area (Å²) in [6.07, 6.45) is 0.927. The molecular weight excluding hydrogens is 425 g/mol. The molecule has 0 bridgehead atoms. The molecule has 1 aromatic carbocycles. The van der Waals surface area contributed by atoms with E-state index in [1.807, 2.05) is 11.7 Å². The summed E-state index contributed by atoms with van der Waals surface area (Å²) < 4.78 is 1.95. The van der Waals surface area contributed by atoms with Crippen LogP contribution in [0.1, 0.15) is 35.0 Å². The monoisotopic (exact) mass is 455 g/mol. The molecule has 0 fully saturated rings.